The lowest BCUT2D eigenvalue weighted by atomic mass is 9.99. The molecule has 2 aliphatic rings. The number of aliphatic hydroxyl groups is 3. The summed E-state index contributed by atoms with van der Waals surface area (Å²) in [7, 11) is 3.71. The van der Waals surface area contributed by atoms with Gasteiger partial charge in [0.1, 0.15) is 29.8 Å². The molecule has 16 heavy (non-hydrogen) atoms. The molecule has 0 aromatic heterocycles. The van der Waals surface area contributed by atoms with Gasteiger partial charge in [0, 0.05) is 14.1 Å². The molecular weight excluding hydrogens is 232 g/mol. The van der Waals surface area contributed by atoms with E-state index in [4.69, 9.17) is 9.84 Å². The molecule has 1 fully saturated rings. The average Bonchev–Trinajstić information content (AvgIpc) is 2.67. The van der Waals surface area contributed by atoms with Crippen LogP contribution >= 0.6 is 11.8 Å². The Hall–Kier alpha value is -0.340. The molecule has 0 aliphatic carbocycles. The predicted octanol–water partition coefficient (Wildman–Crippen LogP) is -1.54. The van der Waals surface area contributed by atoms with Gasteiger partial charge in [-0.1, -0.05) is 11.8 Å². The zero-order valence-corrected chi connectivity index (χ0v) is 9.96. The predicted molar refractivity (Wildman–Crippen MR) is 60.3 cm³/mol. The van der Waals surface area contributed by atoms with Crippen LogP contribution in [0.5, 0.6) is 0 Å². The van der Waals surface area contributed by atoms with Crippen molar-refractivity contribution in [3.8, 4) is 0 Å². The van der Waals surface area contributed by atoms with E-state index in [1.807, 2.05) is 19.0 Å². The summed E-state index contributed by atoms with van der Waals surface area (Å²) in [6.07, 6.45) is -2.81. The summed E-state index contributed by atoms with van der Waals surface area (Å²) in [5, 5.41) is 29.3. The molecule has 0 bridgehead atoms. The second-order valence-electron chi connectivity index (χ2n) is 4.12. The zero-order chi connectivity index (χ0) is 11.9. The number of amidine groups is 1. The van der Waals surface area contributed by atoms with Crippen LogP contribution in [0.15, 0.2) is 4.99 Å². The standard InChI is InChI=1S/C9H16N2O4S/c1-11(2)9-10-5-7(14)6(13)4(3-12)15-8(5)16-9/h4-8,12-14H,3H2,1-2H3/t4-,5-,6+,7-,8-/m1/s1. The second kappa shape index (κ2) is 4.50. The number of thioether (sulfide) groups is 1. The SMILES string of the molecule is CN(C)C1=N[C@@H]2[C@@H](O)[C@@H](O)[C@@H](CO)O[C@@H]2S1. The highest BCUT2D eigenvalue weighted by Crippen LogP contribution is 2.36. The van der Waals surface area contributed by atoms with E-state index in [-0.39, 0.29) is 12.0 Å². The van der Waals surface area contributed by atoms with Crippen molar-refractivity contribution in [2.75, 3.05) is 20.7 Å². The van der Waals surface area contributed by atoms with Gasteiger partial charge in [-0.2, -0.15) is 0 Å². The number of aliphatic hydroxyl groups excluding tert-OH is 3. The Bertz CT molecular complexity index is 299. The molecule has 5 atom stereocenters. The first-order valence-electron chi connectivity index (χ1n) is 5.09. The summed E-state index contributed by atoms with van der Waals surface area (Å²) in [5.41, 5.74) is -0.326. The highest BCUT2D eigenvalue weighted by atomic mass is 32.2. The Morgan fingerprint density at radius 2 is 2.06 bits per heavy atom. The number of fused-ring (bicyclic) bond motifs is 1. The van der Waals surface area contributed by atoms with E-state index in [1.54, 1.807) is 0 Å². The van der Waals surface area contributed by atoms with Gasteiger partial charge >= 0.3 is 0 Å². The lowest BCUT2D eigenvalue weighted by Crippen LogP contribution is -2.55. The number of hydrogen-bond acceptors (Lipinski definition) is 7. The highest BCUT2D eigenvalue weighted by molar-refractivity contribution is 8.14. The Kier molecular flexibility index (Phi) is 3.41. The third kappa shape index (κ3) is 1.93. The average molecular weight is 248 g/mol. The van der Waals surface area contributed by atoms with E-state index in [1.165, 1.54) is 11.8 Å². The van der Waals surface area contributed by atoms with Gasteiger partial charge in [-0.15, -0.1) is 0 Å². The molecule has 3 N–H and O–H groups in total. The summed E-state index contributed by atoms with van der Waals surface area (Å²) in [5.74, 6) is 0. The maximum absolute atomic E-state index is 9.87. The van der Waals surface area contributed by atoms with Gasteiger partial charge < -0.3 is 25.0 Å². The molecule has 0 radical (unpaired) electrons. The van der Waals surface area contributed by atoms with Crippen LogP contribution in [0.25, 0.3) is 0 Å². The summed E-state index contributed by atoms with van der Waals surface area (Å²) in [6.45, 7) is -0.306. The second-order valence-corrected chi connectivity index (χ2v) is 5.19. The third-order valence-corrected chi connectivity index (χ3v) is 4.02. The largest absolute Gasteiger partial charge is 0.394 e. The molecule has 2 rings (SSSR count). The van der Waals surface area contributed by atoms with Crippen molar-refractivity contribution < 1.29 is 20.1 Å². The first kappa shape index (κ1) is 12.1. The van der Waals surface area contributed by atoms with Gasteiger partial charge in [-0.3, -0.25) is 4.99 Å². The normalized spacial score (nSPS) is 42.8. The fraction of sp³-hybridized carbons (Fsp3) is 0.889. The van der Waals surface area contributed by atoms with E-state index < -0.39 is 24.4 Å². The van der Waals surface area contributed by atoms with Crippen LogP contribution in [0.2, 0.25) is 0 Å². The van der Waals surface area contributed by atoms with Crippen LogP contribution in [0.1, 0.15) is 0 Å². The number of aliphatic imine (C=N–C) groups is 1. The maximum atomic E-state index is 9.87. The van der Waals surface area contributed by atoms with Gasteiger partial charge in [0.25, 0.3) is 0 Å². The number of rotatable bonds is 1. The first-order valence-corrected chi connectivity index (χ1v) is 5.96. The lowest BCUT2D eigenvalue weighted by molar-refractivity contribution is -0.164. The van der Waals surface area contributed by atoms with Crippen LogP contribution in [0.4, 0.5) is 0 Å². The smallest absolute Gasteiger partial charge is 0.161 e. The van der Waals surface area contributed by atoms with Crippen molar-refractivity contribution in [3.05, 3.63) is 0 Å². The lowest BCUT2D eigenvalue weighted by Gasteiger charge is -2.37. The quantitative estimate of drug-likeness (QED) is 0.521. The summed E-state index contributed by atoms with van der Waals surface area (Å²) in [6, 6.07) is -0.458. The molecular formula is C9H16N2O4S. The van der Waals surface area contributed by atoms with Crippen molar-refractivity contribution in [3.63, 3.8) is 0 Å². The Morgan fingerprint density at radius 1 is 1.38 bits per heavy atom. The topological polar surface area (TPSA) is 85.5 Å². The van der Waals surface area contributed by atoms with Gasteiger partial charge in [-0.25, -0.2) is 0 Å². The van der Waals surface area contributed by atoms with Crippen molar-refractivity contribution in [1.29, 1.82) is 0 Å². The van der Waals surface area contributed by atoms with Crippen molar-refractivity contribution in [1.82, 2.24) is 4.90 Å². The first-order chi connectivity index (χ1) is 7.54. The number of nitrogens with zero attached hydrogens (tertiary/aromatic N) is 2. The molecule has 0 aromatic rings. The van der Waals surface area contributed by atoms with Crippen LogP contribution in [0, 0.1) is 0 Å². The van der Waals surface area contributed by atoms with E-state index in [0.29, 0.717) is 0 Å². The van der Waals surface area contributed by atoms with Crippen LogP contribution in [0.3, 0.4) is 0 Å². The van der Waals surface area contributed by atoms with Gasteiger partial charge in [-0.05, 0) is 0 Å². The van der Waals surface area contributed by atoms with E-state index in [9.17, 15) is 10.2 Å². The zero-order valence-electron chi connectivity index (χ0n) is 9.15. The molecule has 2 aliphatic heterocycles. The molecule has 1 saturated heterocycles. The summed E-state index contributed by atoms with van der Waals surface area (Å²) >= 11 is 1.40. The van der Waals surface area contributed by atoms with Crippen molar-refractivity contribution >= 4 is 16.9 Å². The number of ether oxygens (including phenoxy) is 1. The van der Waals surface area contributed by atoms with Gasteiger partial charge in [0.2, 0.25) is 0 Å². The fourth-order valence-corrected chi connectivity index (χ4v) is 2.95. The van der Waals surface area contributed by atoms with E-state index in [2.05, 4.69) is 4.99 Å². The molecule has 7 heteroatoms. The summed E-state index contributed by atoms with van der Waals surface area (Å²) < 4.78 is 5.48. The number of hydrogen-bond donors (Lipinski definition) is 3. The molecule has 0 spiro atoms. The minimum absolute atomic E-state index is 0.306. The molecule has 92 valence electrons. The maximum Gasteiger partial charge on any atom is 0.161 e. The monoisotopic (exact) mass is 248 g/mol. The Balaban J connectivity index is 2.14. The van der Waals surface area contributed by atoms with Gasteiger partial charge in [0.15, 0.2) is 5.17 Å². The van der Waals surface area contributed by atoms with E-state index in [0.717, 1.165) is 5.17 Å². The van der Waals surface area contributed by atoms with Crippen molar-refractivity contribution in [2.45, 2.75) is 29.8 Å². The van der Waals surface area contributed by atoms with Crippen LogP contribution < -0.4 is 0 Å². The molecule has 0 unspecified atom stereocenters. The van der Waals surface area contributed by atoms with Crippen molar-refractivity contribution in [2.24, 2.45) is 4.99 Å². The highest BCUT2D eigenvalue weighted by Gasteiger charge is 2.48. The van der Waals surface area contributed by atoms with Crippen LogP contribution in [-0.2, 0) is 4.74 Å². The van der Waals surface area contributed by atoms with Gasteiger partial charge in [0.05, 0.1) is 6.61 Å². The molecule has 2 heterocycles. The molecule has 0 aromatic carbocycles. The molecule has 0 saturated carbocycles. The molecule has 6 nitrogen and oxygen atoms in total. The Morgan fingerprint density at radius 3 is 2.62 bits per heavy atom. The Labute approximate surface area is 97.9 Å². The molecule has 0 amide bonds. The summed E-state index contributed by atoms with van der Waals surface area (Å²) in [4.78, 5) is 6.13. The fourth-order valence-electron chi connectivity index (χ4n) is 1.78. The van der Waals surface area contributed by atoms with Crippen LogP contribution in [-0.4, -0.2) is 75.9 Å². The minimum atomic E-state index is -1.09. The minimum Gasteiger partial charge on any atom is -0.394 e. The third-order valence-electron chi connectivity index (χ3n) is 2.71. The van der Waals surface area contributed by atoms with E-state index >= 15 is 0 Å².